The van der Waals surface area contributed by atoms with Gasteiger partial charge in [-0.3, -0.25) is 0 Å². The van der Waals surface area contributed by atoms with Gasteiger partial charge in [-0.05, 0) is 36.7 Å². The van der Waals surface area contributed by atoms with Crippen LogP contribution in [0.25, 0.3) is 10.2 Å². The average Bonchev–Trinajstić information content (AvgIpc) is 2.79. The van der Waals surface area contributed by atoms with Crippen LogP contribution >= 0.6 is 34.7 Å². The molecule has 2 aromatic heterocycles. The number of methoxy groups -OCH3 is 1. The molecule has 0 atom stereocenters. The molecule has 0 saturated heterocycles. The second-order valence-electron chi connectivity index (χ2n) is 4.13. The third-order valence-corrected chi connectivity index (χ3v) is 4.90. The van der Waals surface area contributed by atoms with Gasteiger partial charge in [0.25, 0.3) is 0 Å². The number of para-hydroxylation sites is 1. The predicted molar refractivity (Wildman–Crippen MR) is 84.3 cm³/mol. The van der Waals surface area contributed by atoms with E-state index in [2.05, 4.69) is 23.0 Å². The van der Waals surface area contributed by atoms with E-state index in [0.29, 0.717) is 0 Å². The summed E-state index contributed by atoms with van der Waals surface area (Å²) in [6.07, 6.45) is 0. The molecule has 3 rings (SSSR count). The molecule has 2 heterocycles. The molecule has 1 aromatic carbocycles. The highest BCUT2D eigenvalue weighted by Crippen LogP contribution is 2.39. The maximum atomic E-state index is 6.01. The van der Waals surface area contributed by atoms with Gasteiger partial charge in [-0.2, -0.15) is 0 Å². The monoisotopic (exact) mass is 322 g/mol. The first-order valence-electron chi connectivity index (χ1n) is 5.92. The number of nitrogens with zero attached hydrogens (tertiary/aromatic N) is 2. The molecule has 0 spiro atoms. The Hall–Kier alpha value is -1.30. The standard InChI is InChI=1S/C14H11ClN2OS2/c1-8-7-9-12(19-8)16-14(15)17-13(9)20-11-6-4-3-5-10(11)18-2/h3-7H,1-2H3. The van der Waals surface area contributed by atoms with Crippen molar-refractivity contribution in [2.24, 2.45) is 0 Å². The van der Waals surface area contributed by atoms with Gasteiger partial charge in [-0.15, -0.1) is 11.3 Å². The van der Waals surface area contributed by atoms with Gasteiger partial charge in [-0.1, -0.05) is 23.9 Å². The van der Waals surface area contributed by atoms with E-state index in [0.717, 1.165) is 25.9 Å². The lowest BCUT2D eigenvalue weighted by molar-refractivity contribution is 0.405. The minimum absolute atomic E-state index is 0.275. The molecule has 3 nitrogen and oxygen atoms in total. The normalized spacial score (nSPS) is 10.9. The summed E-state index contributed by atoms with van der Waals surface area (Å²) in [4.78, 5) is 11.7. The lowest BCUT2D eigenvalue weighted by Crippen LogP contribution is -1.89. The van der Waals surface area contributed by atoms with Crippen molar-refractivity contribution >= 4 is 44.9 Å². The van der Waals surface area contributed by atoms with Gasteiger partial charge < -0.3 is 4.74 Å². The highest BCUT2D eigenvalue weighted by atomic mass is 35.5. The van der Waals surface area contributed by atoms with Crippen LogP contribution in [0.15, 0.2) is 40.3 Å². The fourth-order valence-electron chi connectivity index (χ4n) is 1.88. The van der Waals surface area contributed by atoms with E-state index < -0.39 is 0 Å². The first kappa shape index (κ1) is 13.7. The Labute approximate surface area is 130 Å². The maximum Gasteiger partial charge on any atom is 0.224 e. The number of thiophene rings is 1. The van der Waals surface area contributed by atoms with Crippen molar-refractivity contribution in [2.45, 2.75) is 16.8 Å². The molecular weight excluding hydrogens is 312 g/mol. The Morgan fingerprint density at radius 3 is 2.85 bits per heavy atom. The molecular formula is C14H11ClN2OS2. The van der Waals surface area contributed by atoms with E-state index in [1.165, 1.54) is 4.88 Å². The van der Waals surface area contributed by atoms with Gasteiger partial charge in [-0.25, -0.2) is 9.97 Å². The quantitative estimate of drug-likeness (QED) is 0.512. The molecule has 0 amide bonds. The number of rotatable bonds is 3. The summed E-state index contributed by atoms with van der Waals surface area (Å²) >= 11 is 9.18. The van der Waals surface area contributed by atoms with Crippen molar-refractivity contribution in [3.63, 3.8) is 0 Å². The minimum atomic E-state index is 0.275. The van der Waals surface area contributed by atoms with Gasteiger partial charge >= 0.3 is 0 Å². The third-order valence-electron chi connectivity index (χ3n) is 2.73. The van der Waals surface area contributed by atoms with Crippen LogP contribution in [0.3, 0.4) is 0 Å². The number of benzene rings is 1. The van der Waals surface area contributed by atoms with Crippen LogP contribution in [-0.4, -0.2) is 17.1 Å². The Balaban J connectivity index is 2.10. The molecule has 0 N–H and O–H groups in total. The molecule has 102 valence electrons. The van der Waals surface area contributed by atoms with Gasteiger partial charge in [0.2, 0.25) is 5.28 Å². The molecule has 6 heteroatoms. The molecule has 0 aliphatic carbocycles. The van der Waals surface area contributed by atoms with Gasteiger partial charge in [0, 0.05) is 10.3 Å². The highest BCUT2D eigenvalue weighted by Gasteiger charge is 2.13. The van der Waals surface area contributed by atoms with Crippen LogP contribution in [-0.2, 0) is 0 Å². The summed E-state index contributed by atoms with van der Waals surface area (Å²) in [5.41, 5.74) is 0. The van der Waals surface area contributed by atoms with Crippen molar-refractivity contribution in [3.8, 4) is 5.75 Å². The molecule has 20 heavy (non-hydrogen) atoms. The molecule has 0 aliphatic rings. The number of hydrogen-bond donors (Lipinski definition) is 0. The van der Waals surface area contributed by atoms with Crippen LogP contribution < -0.4 is 4.74 Å². The van der Waals surface area contributed by atoms with Crippen molar-refractivity contribution in [1.29, 1.82) is 0 Å². The summed E-state index contributed by atoms with van der Waals surface area (Å²) < 4.78 is 5.37. The van der Waals surface area contributed by atoms with E-state index in [-0.39, 0.29) is 5.28 Å². The SMILES string of the molecule is COc1ccccc1Sc1nc(Cl)nc2sc(C)cc12. The van der Waals surface area contributed by atoms with Gasteiger partial charge in [0.1, 0.15) is 15.6 Å². The van der Waals surface area contributed by atoms with Gasteiger partial charge in [0.15, 0.2) is 0 Å². The third kappa shape index (κ3) is 2.61. The summed E-state index contributed by atoms with van der Waals surface area (Å²) in [6, 6.07) is 9.95. The Morgan fingerprint density at radius 1 is 1.25 bits per heavy atom. The second-order valence-corrected chi connectivity index (χ2v) is 6.73. The van der Waals surface area contributed by atoms with E-state index in [9.17, 15) is 0 Å². The summed E-state index contributed by atoms with van der Waals surface area (Å²) in [5.74, 6) is 0.826. The van der Waals surface area contributed by atoms with E-state index in [1.54, 1.807) is 30.2 Å². The van der Waals surface area contributed by atoms with E-state index in [4.69, 9.17) is 16.3 Å². The number of ether oxygens (including phenoxy) is 1. The molecule has 0 saturated carbocycles. The fourth-order valence-corrected chi connectivity index (χ4v) is 4.09. The number of fused-ring (bicyclic) bond motifs is 1. The lowest BCUT2D eigenvalue weighted by atomic mass is 10.3. The zero-order chi connectivity index (χ0) is 14.1. The number of hydrogen-bond acceptors (Lipinski definition) is 5. The largest absolute Gasteiger partial charge is 0.496 e. The smallest absolute Gasteiger partial charge is 0.224 e. The van der Waals surface area contributed by atoms with Crippen LogP contribution in [0.4, 0.5) is 0 Å². The zero-order valence-electron chi connectivity index (χ0n) is 10.9. The molecule has 0 radical (unpaired) electrons. The second kappa shape index (κ2) is 5.60. The van der Waals surface area contributed by atoms with Crippen LogP contribution in [0.1, 0.15) is 4.88 Å². The van der Waals surface area contributed by atoms with Crippen LogP contribution in [0, 0.1) is 6.92 Å². The molecule has 0 unspecified atom stereocenters. The Bertz CT molecular complexity index is 773. The maximum absolute atomic E-state index is 6.01. The van der Waals surface area contributed by atoms with Gasteiger partial charge in [0.05, 0.1) is 12.0 Å². The van der Waals surface area contributed by atoms with E-state index >= 15 is 0 Å². The number of aromatic nitrogens is 2. The summed E-state index contributed by atoms with van der Waals surface area (Å²) in [5, 5.41) is 2.17. The first-order valence-corrected chi connectivity index (χ1v) is 7.93. The summed E-state index contributed by atoms with van der Waals surface area (Å²) in [6.45, 7) is 2.05. The molecule has 0 fully saturated rings. The number of halogens is 1. The van der Waals surface area contributed by atoms with Crippen LogP contribution in [0.5, 0.6) is 5.75 Å². The number of aryl methyl sites for hydroxylation is 1. The Morgan fingerprint density at radius 2 is 2.05 bits per heavy atom. The Kier molecular flexibility index (Phi) is 3.83. The van der Waals surface area contributed by atoms with Crippen molar-refractivity contribution in [3.05, 3.63) is 40.5 Å². The van der Waals surface area contributed by atoms with E-state index in [1.807, 2.05) is 24.3 Å². The fraction of sp³-hybridized carbons (Fsp3) is 0.143. The molecule has 0 bridgehead atoms. The van der Waals surface area contributed by atoms with Crippen molar-refractivity contribution < 1.29 is 4.74 Å². The summed E-state index contributed by atoms with van der Waals surface area (Å²) in [7, 11) is 1.66. The highest BCUT2D eigenvalue weighted by molar-refractivity contribution is 7.99. The van der Waals surface area contributed by atoms with Crippen molar-refractivity contribution in [2.75, 3.05) is 7.11 Å². The van der Waals surface area contributed by atoms with Crippen molar-refractivity contribution in [1.82, 2.24) is 9.97 Å². The zero-order valence-corrected chi connectivity index (χ0v) is 13.3. The molecule has 3 aromatic rings. The minimum Gasteiger partial charge on any atom is -0.496 e. The first-order chi connectivity index (χ1) is 9.67. The average molecular weight is 323 g/mol. The predicted octanol–water partition coefficient (Wildman–Crippen LogP) is 4.81. The van der Waals surface area contributed by atoms with Crippen LogP contribution in [0.2, 0.25) is 5.28 Å². The lowest BCUT2D eigenvalue weighted by Gasteiger charge is -2.07. The molecule has 0 aliphatic heterocycles. The topological polar surface area (TPSA) is 35.0 Å².